The molecule has 1 N–H and O–H groups in total. The highest BCUT2D eigenvalue weighted by Crippen LogP contribution is 2.28. The number of hydrogen-bond donors (Lipinski definition) is 1. The van der Waals surface area contributed by atoms with Crippen molar-refractivity contribution in [3.63, 3.8) is 0 Å². The maximum atomic E-state index is 11.7. The number of carbonyl (C=O) groups excluding carboxylic acids is 1. The Morgan fingerprint density at radius 1 is 1.13 bits per heavy atom. The quantitative estimate of drug-likeness (QED) is 0.323. The molecule has 2 aromatic carbocycles. The number of carbonyl (C=O) groups is 1. The molecule has 0 unspecified atom stereocenters. The first-order valence-corrected chi connectivity index (χ1v) is 10.0. The fourth-order valence-electron chi connectivity index (χ4n) is 2.62. The van der Waals surface area contributed by atoms with Crippen molar-refractivity contribution in [3.05, 3.63) is 69.7 Å². The van der Waals surface area contributed by atoms with Crippen molar-refractivity contribution in [1.29, 1.82) is 0 Å². The molecule has 0 amide bonds. The molecule has 7 nitrogen and oxygen atoms in total. The summed E-state index contributed by atoms with van der Waals surface area (Å²) in [5.41, 5.74) is 6.55. The number of hydrogen-bond acceptors (Lipinski definition) is 8. The minimum atomic E-state index is -0.409. The zero-order valence-corrected chi connectivity index (χ0v) is 18.1. The van der Waals surface area contributed by atoms with Crippen molar-refractivity contribution < 1.29 is 19.0 Å². The molecule has 0 saturated carbocycles. The van der Waals surface area contributed by atoms with Gasteiger partial charge in [-0.15, -0.1) is 0 Å². The Morgan fingerprint density at radius 3 is 2.60 bits per heavy atom. The van der Waals surface area contributed by atoms with E-state index < -0.39 is 5.97 Å². The molecule has 0 aliphatic rings. The number of nitrogens with one attached hydrogen (secondary N) is 1. The molecule has 8 heteroatoms. The zero-order valence-electron chi connectivity index (χ0n) is 17.3. The maximum Gasteiger partial charge on any atom is 0.350 e. The molecule has 0 saturated heterocycles. The lowest BCUT2D eigenvalue weighted by atomic mass is 10.2. The number of rotatable bonds is 8. The molecule has 1 aromatic heterocycles. The summed E-state index contributed by atoms with van der Waals surface area (Å²) in [5.74, 6) is 0.860. The smallest absolute Gasteiger partial charge is 0.350 e. The molecule has 0 aliphatic carbocycles. The van der Waals surface area contributed by atoms with Crippen LogP contribution in [0.5, 0.6) is 11.5 Å². The van der Waals surface area contributed by atoms with Crippen LogP contribution < -0.4 is 14.9 Å². The normalized spacial score (nSPS) is 10.8. The third kappa shape index (κ3) is 5.36. The summed E-state index contributed by atoms with van der Waals surface area (Å²) in [4.78, 5) is 16.4. The van der Waals surface area contributed by atoms with Gasteiger partial charge in [-0.3, -0.25) is 5.43 Å². The average Bonchev–Trinajstić information content (AvgIpc) is 3.13. The maximum absolute atomic E-state index is 11.7. The minimum Gasteiger partial charge on any atom is -0.493 e. The fourth-order valence-corrected chi connectivity index (χ4v) is 3.45. The van der Waals surface area contributed by atoms with Crippen LogP contribution >= 0.6 is 11.3 Å². The molecule has 3 rings (SSSR count). The third-order valence-corrected chi connectivity index (χ3v) is 5.29. The Balaban J connectivity index is 1.64. The fraction of sp³-hybridized carbons (Fsp3) is 0.227. The van der Waals surface area contributed by atoms with E-state index in [9.17, 15) is 4.79 Å². The Kier molecular flexibility index (Phi) is 7.03. The number of aryl methyl sites for hydroxylation is 2. The van der Waals surface area contributed by atoms with Gasteiger partial charge < -0.3 is 14.2 Å². The molecule has 0 aliphatic heterocycles. The van der Waals surface area contributed by atoms with Crippen molar-refractivity contribution in [2.75, 3.05) is 19.6 Å². The summed E-state index contributed by atoms with van der Waals surface area (Å²) in [7, 11) is 2.94. The van der Waals surface area contributed by atoms with Crippen LogP contribution in [0.25, 0.3) is 0 Å². The van der Waals surface area contributed by atoms with Crippen LogP contribution in [0, 0.1) is 13.8 Å². The number of nitrogens with zero attached hydrogens (tertiary/aromatic N) is 2. The molecule has 3 aromatic rings. The second kappa shape index (κ2) is 9.89. The number of anilines is 1. The molecule has 0 spiro atoms. The lowest BCUT2D eigenvalue weighted by Crippen LogP contribution is -1.99. The monoisotopic (exact) mass is 425 g/mol. The van der Waals surface area contributed by atoms with E-state index in [-0.39, 0.29) is 0 Å². The lowest BCUT2D eigenvalue weighted by molar-refractivity contribution is 0.0605. The van der Waals surface area contributed by atoms with Crippen LogP contribution in [-0.2, 0) is 11.3 Å². The summed E-state index contributed by atoms with van der Waals surface area (Å²) >= 11 is 1.19. The van der Waals surface area contributed by atoms with Crippen molar-refractivity contribution in [2.24, 2.45) is 5.10 Å². The zero-order chi connectivity index (χ0) is 21.5. The van der Waals surface area contributed by atoms with Gasteiger partial charge in [0.25, 0.3) is 0 Å². The molecule has 0 atom stereocenters. The highest BCUT2D eigenvalue weighted by molar-refractivity contribution is 7.17. The van der Waals surface area contributed by atoms with Crippen molar-refractivity contribution in [2.45, 2.75) is 20.5 Å². The number of ether oxygens (including phenoxy) is 3. The van der Waals surface area contributed by atoms with E-state index in [1.54, 1.807) is 20.2 Å². The second-order valence-corrected chi connectivity index (χ2v) is 7.48. The predicted octanol–water partition coefficient (Wildman–Crippen LogP) is 4.58. The Hall–Kier alpha value is -3.39. The summed E-state index contributed by atoms with van der Waals surface area (Å²) < 4.78 is 16.1. The highest BCUT2D eigenvalue weighted by atomic mass is 32.1. The van der Waals surface area contributed by atoms with Crippen LogP contribution in [0.4, 0.5) is 5.13 Å². The van der Waals surface area contributed by atoms with E-state index in [0.717, 1.165) is 11.1 Å². The summed E-state index contributed by atoms with van der Waals surface area (Å²) in [6.07, 6.45) is 1.64. The standard InChI is InChI=1S/C22H23N3O4S/c1-14-5-7-16(8-6-14)13-29-18-10-9-17(11-19(18)27-3)12-23-25-22-24-15(2)20(30-22)21(26)28-4/h5-12H,13H2,1-4H3,(H,24,25)/b23-12-. The predicted molar refractivity (Wildman–Crippen MR) is 118 cm³/mol. The number of methoxy groups -OCH3 is 2. The molecular formula is C22H23N3O4S. The van der Waals surface area contributed by atoms with Gasteiger partial charge in [-0.25, -0.2) is 9.78 Å². The average molecular weight is 426 g/mol. The topological polar surface area (TPSA) is 82.0 Å². The number of aromatic nitrogens is 1. The van der Waals surface area contributed by atoms with Gasteiger partial charge in [0, 0.05) is 0 Å². The van der Waals surface area contributed by atoms with Crippen molar-refractivity contribution in [1.82, 2.24) is 4.98 Å². The van der Waals surface area contributed by atoms with Gasteiger partial charge in [-0.05, 0) is 43.2 Å². The van der Waals surface area contributed by atoms with Gasteiger partial charge in [-0.2, -0.15) is 5.10 Å². The van der Waals surface area contributed by atoms with Gasteiger partial charge >= 0.3 is 5.97 Å². The molecule has 156 valence electrons. The van der Waals surface area contributed by atoms with Crippen LogP contribution in [0.1, 0.15) is 32.1 Å². The van der Waals surface area contributed by atoms with E-state index in [1.165, 1.54) is 24.0 Å². The van der Waals surface area contributed by atoms with E-state index in [1.807, 2.05) is 30.3 Å². The third-order valence-electron chi connectivity index (χ3n) is 4.24. The molecule has 0 bridgehead atoms. The molecule has 0 radical (unpaired) electrons. The van der Waals surface area contributed by atoms with E-state index in [0.29, 0.717) is 33.8 Å². The van der Waals surface area contributed by atoms with Crippen LogP contribution in [0.2, 0.25) is 0 Å². The van der Waals surface area contributed by atoms with Crippen LogP contribution in [-0.4, -0.2) is 31.4 Å². The van der Waals surface area contributed by atoms with Crippen molar-refractivity contribution >= 4 is 28.7 Å². The summed E-state index contributed by atoms with van der Waals surface area (Å²) in [5, 5.41) is 4.69. The molecule has 30 heavy (non-hydrogen) atoms. The molecule has 0 fully saturated rings. The Labute approximate surface area is 179 Å². The highest BCUT2D eigenvalue weighted by Gasteiger charge is 2.15. The molecular weight excluding hydrogens is 402 g/mol. The number of esters is 1. The van der Waals surface area contributed by atoms with E-state index in [4.69, 9.17) is 14.2 Å². The number of thiazole rings is 1. The Bertz CT molecular complexity index is 1050. The van der Waals surface area contributed by atoms with Crippen LogP contribution in [0.3, 0.4) is 0 Å². The van der Waals surface area contributed by atoms with Gasteiger partial charge in [-0.1, -0.05) is 41.2 Å². The lowest BCUT2D eigenvalue weighted by Gasteiger charge is -2.11. The van der Waals surface area contributed by atoms with Crippen LogP contribution in [0.15, 0.2) is 47.6 Å². The van der Waals surface area contributed by atoms with Gasteiger partial charge in [0.05, 0.1) is 26.1 Å². The molecule has 1 heterocycles. The van der Waals surface area contributed by atoms with Gasteiger partial charge in [0.2, 0.25) is 5.13 Å². The first kappa shape index (κ1) is 21.3. The first-order valence-electron chi connectivity index (χ1n) is 9.21. The SMILES string of the molecule is COC(=O)c1sc(N/N=C\c2ccc(OCc3ccc(C)cc3)c(OC)c2)nc1C. The second-order valence-electron chi connectivity index (χ2n) is 6.48. The van der Waals surface area contributed by atoms with Crippen molar-refractivity contribution in [3.8, 4) is 11.5 Å². The number of benzene rings is 2. The summed E-state index contributed by atoms with van der Waals surface area (Å²) in [6.45, 7) is 4.26. The summed E-state index contributed by atoms with van der Waals surface area (Å²) in [6, 6.07) is 13.8. The Morgan fingerprint density at radius 2 is 1.90 bits per heavy atom. The van der Waals surface area contributed by atoms with E-state index in [2.05, 4.69) is 34.6 Å². The van der Waals surface area contributed by atoms with Gasteiger partial charge in [0.15, 0.2) is 11.5 Å². The van der Waals surface area contributed by atoms with Gasteiger partial charge in [0.1, 0.15) is 11.5 Å². The van der Waals surface area contributed by atoms with E-state index >= 15 is 0 Å². The minimum absolute atomic E-state index is 0.409. The largest absolute Gasteiger partial charge is 0.493 e. The number of hydrazone groups is 1. The first-order chi connectivity index (χ1) is 14.5.